The summed E-state index contributed by atoms with van der Waals surface area (Å²) < 4.78 is 41.8. The number of nitrogens with one attached hydrogen (secondary N) is 2. The van der Waals surface area contributed by atoms with Gasteiger partial charge in [0.05, 0.1) is 9.82 Å². The molecule has 2 aromatic carbocycles. The van der Waals surface area contributed by atoms with Gasteiger partial charge in [-0.25, -0.2) is 22.9 Å². The first-order valence-corrected chi connectivity index (χ1v) is 11.4. The van der Waals surface area contributed by atoms with E-state index in [-0.39, 0.29) is 42.7 Å². The number of hydrogen-bond donors (Lipinski definition) is 3. The molecule has 0 spiro atoms. The van der Waals surface area contributed by atoms with Crippen molar-refractivity contribution in [3.8, 4) is 11.6 Å². The Morgan fingerprint density at radius 1 is 1.18 bits per heavy atom. The van der Waals surface area contributed by atoms with Gasteiger partial charge in [-0.2, -0.15) is 0 Å². The SMILES string of the molecule is NS(=O)(=O)c1ccc(NCCC(=O)NCc2cccnc2Oc2cccc(F)c2)c([N+](=O)[O-])c1. The van der Waals surface area contributed by atoms with Crippen LogP contribution in [0.15, 0.2) is 65.7 Å². The fourth-order valence-electron chi connectivity index (χ4n) is 2.87. The first-order chi connectivity index (χ1) is 16.1. The molecule has 1 amide bonds. The van der Waals surface area contributed by atoms with E-state index in [1.165, 1.54) is 30.5 Å². The molecule has 0 atom stereocenters. The Morgan fingerprint density at radius 2 is 1.97 bits per heavy atom. The number of nitro groups is 1. The van der Waals surface area contributed by atoms with Crippen LogP contribution in [0.1, 0.15) is 12.0 Å². The van der Waals surface area contributed by atoms with Gasteiger partial charge in [-0.3, -0.25) is 14.9 Å². The second-order valence-corrected chi connectivity index (χ2v) is 8.52. The molecule has 0 saturated carbocycles. The highest BCUT2D eigenvalue weighted by Gasteiger charge is 2.19. The van der Waals surface area contributed by atoms with E-state index in [0.29, 0.717) is 5.56 Å². The number of pyridine rings is 1. The van der Waals surface area contributed by atoms with E-state index >= 15 is 0 Å². The first kappa shape index (κ1) is 24.5. The molecule has 178 valence electrons. The van der Waals surface area contributed by atoms with Crippen LogP contribution in [0.4, 0.5) is 15.8 Å². The molecule has 0 aliphatic heterocycles. The van der Waals surface area contributed by atoms with Crippen molar-refractivity contribution in [2.45, 2.75) is 17.9 Å². The monoisotopic (exact) mass is 489 g/mol. The maximum atomic E-state index is 13.4. The summed E-state index contributed by atoms with van der Waals surface area (Å²) in [6, 6.07) is 12.1. The highest BCUT2D eigenvalue weighted by Crippen LogP contribution is 2.27. The van der Waals surface area contributed by atoms with Crippen molar-refractivity contribution < 1.29 is 27.3 Å². The van der Waals surface area contributed by atoms with Gasteiger partial charge in [-0.15, -0.1) is 0 Å². The largest absolute Gasteiger partial charge is 0.439 e. The summed E-state index contributed by atoms with van der Waals surface area (Å²) in [4.78, 5) is 26.5. The predicted molar refractivity (Wildman–Crippen MR) is 120 cm³/mol. The van der Waals surface area contributed by atoms with Crippen LogP contribution in [0.25, 0.3) is 0 Å². The van der Waals surface area contributed by atoms with Gasteiger partial charge in [0, 0.05) is 43.4 Å². The zero-order chi connectivity index (χ0) is 24.7. The number of aromatic nitrogens is 1. The summed E-state index contributed by atoms with van der Waals surface area (Å²) >= 11 is 0. The number of nitrogens with two attached hydrogens (primary N) is 1. The van der Waals surface area contributed by atoms with E-state index in [1.807, 2.05) is 0 Å². The van der Waals surface area contributed by atoms with Crippen LogP contribution >= 0.6 is 0 Å². The number of nitro benzene ring substituents is 1. The van der Waals surface area contributed by atoms with Gasteiger partial charge in [0.15, 0.2) is 0 Å². The summed E-state index contributed by atoms with van der Waals surface area (Å²) in [5.41, 5.74) is 0.118. The van der Waals surface area contributed by atoms with Gasteiger partial charge in [-0.1, -0.05) is 12.1 Å². The Labute approximate surface area is 194 Å². The van der Waals surface area contributed by atoms with Crippen LogP contribution in [0.5, 0.6) is 11.6 Å². The topological polar surface area (TPSA) is 167 Å². The van der Waals surface area contributed by atoms with E-state index in [4.69, 9.17) is 9.88 Å². The van der Waals surface area contributed by atoms with Gasteiger partial charge >= 0.3 is 0 Å². The third kappa shape index (κ3) is 6.70. The van der Waals surface area contributed by atoms with Crippen molar-refractivity contribution in [3.05, 3.63) is 82.3 Å². The molecule has 34 heavy (non-hydrogen) atoms. The zero-order valence-electron chi connectivity index (χ0n) is 17.6. The molecule has 0 aliphatic rings. The van der Waals surface area contributed by atoms with Crippen molar-refractivity contribution >= 4 is 27.3 Å². The lowest BCUT2D eigenvalue weighted by Gasteiger charge is -2.11. The summed E-state index contributed by atoms with van der Waals surface area (Å²) in [6.45, 7) is 0.127. The second-order valence-electron chi connectivity index (χ2n) is 6.96. The van der Waals surface area contributed by atoms with E-state index in [9.17, 15) is 27.7 Å². The molecule has 0 fully saturated rings. The number of primary sulfonamides is 1. The number of anilines is 1. The number of halogens is 1. The minimum atomic E-state index is -4.10. The summed E-state index contributed by atoms with van der Waals surface area (Å²) in [5.74, 6) is -0.366. The van der Waals surface area contributed by atoms with Gasteiger partial charge in [0.1, 0.15) is 17.3 Å². The van der Waals surface area contributed by atoms with Crippen LogP contribution in [-0.2, 0) is 21.4 Å². The molecular formula is C21H20FN5O6S. The summed E-state index contributed by atoms with van der Waals surface area (Å²) in [6.07, 6.45) is 1.46. The van der Waals surface area contributed by atoms with Crippen LogP contribution < -0.4 is 20.5 Å². The second kappa shape index (κ2) is 10.7. The lowest BCUT2D eigenvalue weighted by Crippen LogP contribution is -2.25. The molecule has 0 unspecified atom stereocenters. The van der Waals surface area contributed by atoms with Crippen LogP contribution in [0.2, 0.25) is 0 Å². The molecule has 13 heteroatoms. The van der Waals surface area contributed by atoms with Crippen molar-refractivity contribution in [1.29, 1.82) is 0 Å². The average Bonchev–Trinajstić information content (AvgIpc) is 2.78. The lowest BCUT2D eigenvalue weighted by atomic mass is 10.2. The fraction of sp³-hybridized carbons (Fsp3) is 0.143. The lowest BCUT2D eigenvalue weighted by molar-refractivity contribution is -0.384. The molecule has 3 aromatic rings. The van der Waals surface area contributed by atoms with E-state index in [0.717, 1.165) is 12.1 Å². The Bertz CT molecular complexity index is 1320. The molecule has 0 radical (unpaired) electrons. The number of amides is 1. The Hall–Kier alpha value is -4.10. The van der Waals surface area contributed by atoms with Crippen molar-refractivity contribution in [2.75, 3.05) is 11.9 Å². The van der Waals surface area contributed by atoms with Crippen LogP contribution in [0, 0.1) is 15.9 Å². The van der Waals surface area contributed by atoms with Crippen molar-refractivity contribution in [3.63, 3.8) is 0 Å². The average molecular weight is 489 g/mol. The molecule has 4 N–H and O–H groups in total. The summed E-state index contributed by atoms with van der Waals surface area (Å²) in [7, 11) is -4.10. The van der Waals surface area contributed by atoms with Crippen LogP contribution in [0.3, 0.4) is 0 Å². The number of benzene rings is 2. The number of carbonyl (C=O) groups excluding carboxylic acids is 1. The number of sulfonamides is 1. The van der Waals surface area contributed by atoms with Crippen molar-refractivity contribution in [2.24, 2.45) is 5.14 Å². The number of nitrogens with zero attached hydrogens (tertiary/aromatic N) is 2. The van der Waals surface area contributed by atoms with E-state index < -0.39 is 31.3 Å². The first-order valence-electron chi connectivity index (χ1n) is 9.82. The molecule has 1 aromatic heterocycles. The molecule has 11 nitrogen and oxygen atoms in total. The Morgan fingerprint density at radius 3 is 2.68 bits per heavy atom. The van der Waals surface area contributed by atoms with Gasteiger partial charge < -0.3 is 15.4 Å². The molecule has 0 saturated heterocycles. The van der Waals surface area contributed by atoms with Crippen LogP contribution in [-0.4, -0.2) is 30.8 Å². The minimum absolute atomic E-state index is 0.0333. The Kier molecular flexibility index (Phi) is 7.71. The molecule has 1 heterocycles. The zero-order valence-corrected chi connectivity index (χ0v) is 18.4. The number of carbonyl (C=O) groups is 1. The maximum absolute atomic E-state index is 13.4. The molecular weight excluding hydrogens is 469 g/mol. The molecule has 3 rings (SSSR count). The normalized spacial score (nSPS) is 11.0. The van der Waals surface area contributed by atoms with Crippen molar-refractivity contribution in [1.82, 2.24) is 10.3 Å². The number of ether oxygens (including phenoxy) is 1. The van der Waals surface area contributed by atoms with E-state index in [1.54, 1.807) is 18.2 Å². The number of hydrogen-bond acceptors (Lipinski definition) is 8. The number of rotatable bonds is 10. The summed E-state index contributed by atoms with van der Waals surface area (Å²) in [5, 5.41) is 21.7. The smallest absolute Gasteiger partial charge is 0.293 e. The molecule has 0 aliphatic carbocycles. The fourth-order valence-corrected chi connectivity index (χ4v) is 3.41. The minimum Gasteiger partial charge on any atom is -0.439 e. The molecule has 0 bridgehead atoms. The Balaban J connectivity index is 1.56. The maximum Gasteiger partial charge on any atom is 0.293 e. The highest BCUT2D eigenvalue weighted by molar-refractivity contribution is 7.89. The quantitative estimate of drug-likeness (QED) is 0.289. The van der Waals surface area contributed by atoms with Gasteiger partial charge in [-0.05, 0) is 30.3 Å². The van der Waals surface area contributed by atoms with E-state index in [2.05, 4.69) is 15.6 Å². The standard InChI is InChI=1S/C21H20FN5O6S/c22-15-4-1-5-16(11-15)33-21-14(3-2-9-25-21)13-26-20(28)8-10-24-18-7-6-17(34(23,31)32)12-19(18)27(29)30/h1-7,9,11-12,24H,8,10,13H2,(H,26,28)(H2,23,31,32). The highest BCUT2D eigenvalue weighted by atomic mass is 32.2. The van der Waals surface area contributed by atoms with Gasteiger partial charge in [0.2, 0.25) is 21.8 Å². The third-order valence-corrected chi connectivity index (χ3v) is 5.41. The third-order valence-electron chi connectivity index (χ3n) is 4.50. The van der Waals surface area contributed by atoms with Gasteiger partial charge in [0.25, 0.3) is 5.69 Å². The predicted octanol–water partition coefficient (Wildman–Crippen LogP) is 2.69.